The number of nitrogens with zero attached hydrogens (tertiary/aromatic N) is 6. The predicted octanol–water partition coefficient (Wildman–Crippen LogP) is 5.33. The Morgan fingerprint density at radius 2 is 1.84 bits per heavy atom. The molecule has 0 unspecified atom stereocenters. The van der Waals surface area contributed by atoms with Gasteiger partial charge in [-0.2, -0.15) is 14.6 Å². The zero-order valence-corrected chi connectivity index (χ0v) is 24.1. The van der Waals surface area contributed by atoms with E-state index in [4.69, 9.17) is 14.5 Å². The number of anilines is 2. The second-order valence-electron chi connectivity index (χ2n) is 11.7. The van der Waals surface area contributed by atoms with Crippen LogP contribution in [0.5, 0.6) is 5.88 Å². The smallest absolute Gasteiger partial charge is 0.416 e. The summed E-state index contributed by atoms with van der Waals surface area (Å²) in [4.78, 5) is 24.6. The second kappa shape index (κ2) is 11.2. The minimum Gasteiger partial charge on any atom is -0.474 e. The van der Waals surface area contributed by atoms with Gasteiger partial charge < -0.3 is 19.3 Å². The Bertz CT molecular complexity index is 1250. The SMILES string of the molecule is CC(C)c1cnn2c(N(Cc3ccccc3N(C)C)C(=O)OC(C)(C)C)cc(OC3CCN(C)CC3)nc12. The molecule has 9 heteroatoms. The molecular weight excluding hydrogens is 480 g/mol. The molecule has 38 heavy (non-hydrogen) atoms. The van der Waals surface area contributed by atoms with Crippen molar-refractivity contribution in [2.75, 3.05) is 44.0 Å². The largest absolute Gasteiger partial charge is 0.474 e. The quantitative estimate of drug-likeness (QED) is 0.415. The van der Waals surface area contributed by atoms with Crippen LogP contribution in [0.25, 0.3) is 5.65 Å². The molecule has 3 heterocycles. The van der Waals surface area contributed by atoms with Gasteiger partial charge in [-0.1, -0.05) is 32.0 Å². The molecule has 0 saturated carbocycles. The molecule has 4 rings (SSSR count). The molecule has 206 valence electrons. The van der Waals surface area contributed by atoms with E-state index in [2.05, 4.69) is 30.9 Å². The van der Waals surface area contributed by atoms with Crippen LogP contribution in [0, 0.1) is 0 Å². The lowest BCUT2D eigenvalue weighted by molar-refractivity contribution is 0.0575. The Balaban J connectivity index is 1.83. The number of carbonyl (C=O) groups excluding carboxylic acids is 1. The highest BCUT2D eigenvalue weighted by Crippen LogP contribution is 2.31. The molecular formula is C29H42N6O3. The molecule has 0 bridgehead atoms. The van der Waals surface area contributed by atoms with E-state index in [0.717, 1.165) is 42.7 Å². The van der Waals surface area contributed by atoms with Gasteiger partial charge in [0.1, 0.15) is 17.5 Å². The molecule has 1 fully saturated rings. The van der Waals surface area contributed by atoms with E-state index in [1.165, 1.54) is 0 Å². The van der Waals surface area contributed by atoms with E-state index in [-0.39, 0.29) is 12.0 Å². The van der Waals surface area contributed by atoms with Crippen molar-refractivity contribution >= 4 is 23.2 Å². The fourth-order valence-electron chi connectivity index (χ4n) is 4.68. The maximum Gasteiger partial charge on any atom is 0.416 e. The summed E-state index contributed by atoms with van der Waals surface area (Å²) in [5.74, 6) is 1.27. The van der Waals surface area contributed by atoms with Crippen LogP contribution in [0.1, 0.15) is 64.5 Å². The number of benzene rings is 1. The maximum absolute atomic E-state index is 13.7. The number of ether oxygens (including phenoxy) is 2. The van der Waals surface area contributed by atoms with Gasteiger partial charge in [0.25, 0.3) is 0 Å². The fourth-order valence-corrected chi connectivity index (χ4v) is 4.68. The topological polar surface area (TPSA) is 75.4 Å². The molecule has 1 aliphatic rings. The first-order chi connectivity index (χ1) is 17.9. The van der Waals surface area contributed by atoms with Gasteiger partial charge in [-0.15, -0.1) is 0 Å². The van der Waals surface area contributed by atoms with Crippen molar-refractivity contribution in [1.82, 2.24) is 19.5 Å². The van der Waals surface area contributed by atoms with Crippen molar-refractivity contribution < 1.29 is 14.3 Å². The Morgan fingerprint density at radius 1 is 1.16 bits per heavy atom. The second-order valence-corrected chi connectivity index (χ2v) is 11.7. The first-order valence-corrected chi connectivity index (χ1v) is 13.4. The predicted molar refractivity (Wildman–Crippen MR) is 151 cm³/mol. The Morgan fingerprint density at radius 3 is 2.47 bits per heavy atom. The molecule has 0 spiro atoms. The van der Waals surface area contributed by atoms with Crippen molar-refractivity contribution in [3.63, 3.8) is 0 Å². The molecule has 1 aliphatic heterocycles. The van der Waals surface area contributed by atoms with Crippen LogP contribution in [0.15, 0.2) is 36.5 Å². The normalized spacial score (nSPS) is 15.2. The molecule has 0 atom stereocenters. The lowest BCUT2D eigenvalue weighted by atomic mass is 10.1. The summed E-state index contributed by atoms with van der Waals surface area (Å²) in [6, 6.07) is 9.88. The number of fused-ring (bicyclic) bond motifs is 1. The number of likely N-dealkylation sites (tertiary alicyclic amines) is 1. The molecule has 1 saturated heterocycles. The van der Waals surface area contributed by atoms with Crippen LogP contribution in [-0.4, -0.2) is 71.5 Å². The van der Waals surface area contributed by atoms with E-state index in [1.54, 1.807) is 9.42 Å². The number of hydrogen-bond acceptors (Lipinski definition) is 7. The minimum atomic E-state index is -0.663. The van der Waals surface area contributed by atoms with E-state index in [9.17, 15) is 4.79 Å². The molecule has 1 aromatic carbocycles. The van der Waals surface area contributed by atoms with E-state index >= 15 is 0 Å². The van der Waals surface area contributed by atoms with Crippen molar-refractivity contribution in [3.8, 4) is 5.88 Å². The first-order valence-electron chi connectivity index (χ1n) is 13.4. The Hall–Kier alpha value is -3.33. The van der Waals surface area contributed by atoms with Gasteiger partial charge in [-0.25, -0.2) is 4.79 Å². The van der Waals surface area contributed by atoms with Crippen molar-refractivity contribution in [1.29, 1.82) is 0 Å². The maximum atomic E-state index is 13.7. The number of carbonyl (C=O) groups is 1. The molecule has 3 aromatic rings. The third-order valence-electron chi connectivity index (χ3n) is 6.72. The van der Waals surface area contributed by atoms with Gasteiger partial charge in [0, 0.05) is 44.5 Å². The molecule has 0 aliphatic carbocycles. The summed E-state index contributed by atoms with van der Waals surface area (Å²) in [7, 11) is 6.12. The number of para-hydroxylation sites is 1. The highest BCUT2D eigenvalue weighted by atomic mass is 16.6. The summed E-state index contributed by atoms with van der Waals surface area (Å²) >= 11 is 0. The lowest BCUT2D eigenvalue weighted by Gasteiger charge is -2.30. The van der Waals surface area contributed by atoms with Crippen LogP contribution < -0.4 is 14.5 Å². The molecule has 1 amide bonds. The van der Waals surface area contributed by atoms with Crippen molar-refractivity contribution in [2.24, 2.45) is 0 Å². The summed E-state index contributed by atoms with van der Waals surface area (Å²) in [5.41, 5.74) is 3.04. The highest BCUT2D eigenvalue weighted by molar-refractivity contribution is 5.88. The molecule has 0 radical (unpaired) electrons. The summed E-state index contributed by atoms with van der Waals surface area (Å²) in [6.45, 7) is 12.1. The van der Waals surface area contributed by atoms with Crippen LogP contribution in [0.4, 0.5) is 16.3 Å². The van der Waals surface area contributed by atoms with Crippen molar-refractivity contribution in [3.05, 3.63) is 47.7 Å². The van der Waals surface area contributed by atoms with Gasteiger partial charge in [0.2, 0.25) is 5.88 Å². The molecule has 2 aromatic heterocycles. The Labute approximate surface area is 226 Å². The summed E-state index contributed by atoms with van der Waals surface area (Å²) < 4.78 is 14.1. The lowest BCUT2D eigenvalue weighted by Crippen LogP contribution is -2.38. The number of hydrogen-bond donors (Lipinski definition) is 0. The number of amides is 1. The zero-order valence-electron chi connectivity index (χ0n) is 24.1. The monoisotopic (exact) mass is 522 g/mol. The summed E-state index contributed by atoms with van der Waals surface area (Å²) in [6.07, 6.45) is 3.31. The standard InChI is InChI=1S/C29H42N6O3/c1-20(2)23-18-30-35-26(17-25(31-27(23)35)37-22-13-15-33(8)16-14-22)34(28(36)38-29(3,4)5)19-21-11-9-10-12-24(21)32(6)7/h9-12,17-18,20,22H,13-16,19H2,1-8H3. The molecule has 9 nitrogen and oxygen atoms in total. The Kier molecular flexibility index (Phi) is 8.16. The number of piperidine rings is 1. The van der Waals surface area contributed by atoms with E-state index < -0.39 is 11.7 Å². The van der Waals surface area contributed by atoms with Gasteiger partial charge in [-0.05, 0) is 58.2 Å². The van der Waals surface area contributed by atoms with Gasteiger partial charge in [-0.3, -0.25) is 4.90 Å². The average Bonchev–Trinajstić information content (AvgIpc) is 3.27. The first kappa shape index (κ1) is 27.7. The third-order valence-corrected chi connectivity index (χ3v) is 6.72. The van der Waals surface area contributed by atoms with Gasteiger partial charge >= 0.3 is 6.09 Å². The van der Waals surface area contributed by atoms with Crippen LogP contribution in [0.3, 0.4) is 0 Å². The van der Waals surface area contributed by atoms with Crippen LogP contribution >= 0.6 is 0 Å². The zero-order chi connectivity index (χ0) is 27.6. The number of aromatic nitrogens is 3. The average molecular weight is 523 g/mol. The minimum absolute atomic E-state index is 0.0730. The molecule has 0 N–H and O–H groups in total. The number of rotatable bonds is 7. The van der Waals surface area contributed by atoms with E-state index in [1.807, 2.05) is 76.3 Å². The van der Waals surface area contributed by atoms with Gasteiger partial charge in [0.05, 0.1) is 12.7 Å². The fraction of sp³-hybridized carbons (Fsp3) is 0.552. The van der Waals surface area contributed by atoms with Gasteiger partial charge in [0.15, 0.2) is 5.65 Å². The highest BCUT2D eigenvalue weighted by Gasteiger charge is 2.29. The third kappa shape index (κ3) is 6.38. The van der Waals surface area contributed by atoms with E-state index in [0.29, 0.717) is 23.9 Å². The van der Waals surface area contributed by atoms with Crippen LogP contribution in [0.2, 0.25) is 0 Å². The van der Waals surface area contributed by atoms with Crippen LogP contribution in [-0.2, 0) is 11.3 Å². The summed E-state index contributed by atoms with van der Waals surface area (Å²) in [5, 5.41) is 4.67. The van der Waals surface area contributed by atoms with Crippen molar-refractivity contribution in [2.45, 2.75) is 71.6 Å².